The number of para-hydroxylation sites is 1. The number of ether oxygens (including phenoxy) is 1. The smallest absolute Gasteiger partial charge is 0.338 e. The van der Waals surface area contributed by atoms with Gasteiger partial charge in [-0.1, -0.05) is 44.2 Å². The lowest BCUT2D eigenvalue weighted by atomic mass is 9.68. The summed E-state index contributed by atoms with van der Waals surface area (Å²) in [5.41, 5.74) is 8.99. The van der Waals surface area contributed by atoms with Crippen LogP contribution in [0.25, 0.3) is 0 Å². The highest BCUT2D eigenvalue weighted by Gasteiger charge is 2.46. The number of rotatable bonds is 5. The van der Waals surface area contributed by atoms with E-state index in [-0.39, 0.29) is 34.9 Å². The fourth-order valence-electron chi connectivity index (χ4n) is 4.81. The van der Waals surface area contributed by atoms with Crippen molar-refractivity contribution in [3.05, 3.63) is 92.9 Å². The summed E-state index contributed by atoms with van der Waals surface area (Å²) in [5.74, 6) is -1.28. The highest BCUT2D eigenvalue weighted by Crippen LogP contribution is 2.50. The fourth-order valence-corrected chi connectivity index (χ4v) is 4.81. The van der Waals surface area contributed by atoms with Crippen LogP contribution in [-0.4, -0.2) is 23.3 Å². The average Bonchev–Trinajstić information content (AvgIpc) is 2.78. The summed E-state index contributed by atoms with van der Waals surface area (Å²) >= 11 is 0. The number of anilines is 1. The second kappa shape index (κ2) is 8.78. The number of hydrogen-bond donors (Lipinski definition) is 1. The van der Waals surface area contributed by atoms with Gasteiger partial charge in [-0.2, -0.15) is 0 Å². The Morgan fingerprint density at radius 2 is 1.79 bits per heavy atom. The van der Waals surface area contributed by atoms with Gasteiger partial charge in [0.05, 0.1) is 23.0 Å². The van der Waals surface area contributed by atoms with E-state index in [0.717, 1.165) is 11.4 Å². The molecule has 0 saturated heterocycles. The average molecular weight is 462 g/mol. The minimum atomic E-state index is -0.779. The number of carbonyl (C=O) groups is 2. The number of nitrogens with zero attached hydrogens (tertiary/aromatic N) is 2. The molecular weight excluding hydrogens is 434 g/mol. The molecule has 0 radical (unpaired) electrons. The number of ketones is 1. The molecule has 34 heavy (non-hydrogen) atoms. The largest absolute Gasteiger partial charge is 0.463 e. The molecule has 2 aromatic rings. The van der Waals surface area contributed by atoms with Crippen molar-refractivity contribution >= 4 is 23.1 Å². The summed E-state index contributed by atoms with van der Waals surface area (Å²) in [5, 5.41) is 11.2. The number of nitro benzene ring substituents is 1. The number of non-ortho nitro benzene ring substituents is 1. The Bertz CT molecular complexity index is 1210. The predicted octanol–water partition coefficient (Wildman–Crippen LogP) is 4.58. The molecule has 0 spiro atoms. The Hall–Kier alpha value is -3.94. The quantitative estimate of drug-likeness (QED) is 0.394. The van der Waals surface area contributed by atoms with Crippen LogP contribution in [0.1, 0.15) is 45.1 Å². The molecule has 8 heteroatoms. The van der Waals surface area contributed by atoms with E-state index in [9.17, 15) is 19.7 Å². The Morgan fingerprint density at radius 3 is 2.38 bits per heavy atom. The zero-order valence-electron chi connectivity index (χ0n) is 19.4. The number of benzene rings is 2. The van der Waals surface area contributed by atoms with E-state index in [0.29, 0.717) is 24.0 Å². The first-order valence-corrected chi connectivity index (χ1v) is 11.2. The summed E-state index contributed by atoms with van der Waals surface area (Å²) in [4.78, 5) is 39.3. The van der Waals surface area contributed by atoms with Crippen LogP contribution >= 0.6 is 0 Å². The zero-order chi connectivity index (χ0) is 24.6. The van der Waals surface area contributed by atoms with Gasteiger partial charge < -0.3 is 10.5 Å². The first kappa shape index (κ1) is 23.2. The number of esters is 1. The number of hydrogen-bond acceptors (Lipinski definition) is 7. The van der Waals surface area contributed by atoms with Crippen LogP contribution in [-0.2, 0) is 14.3 Å². The van der Waals surface area contributed by atoms with Gasteiger partial charge in [0.25, 0.3) is 5.69 Å². The maximum Gasteiger partial charge on any atom is 0.338 e. The fraction of sp³-hybridized carbons (Fsp3) is 0.308. The molecule has 1 heterocycles. The van der Waals surface area contributed by atoms with Gasteiger partial charge in [0.15, 0.2) is 5.78 Å². The molecule has 2 aromatic carbocycles. The number of Topliss-reactive ketones (excluding diaryl/α,β-unsaturated/α-hetero) is 1. The van der Waals surface area contributed by atoms with Crippen LogP contribution in [0.15, 0.2) is 77.3 Å². The van der Waals surface area contributed by atoms with Crippen LogP contribution in [0.5, 0.6) is 0 Å². The first-order chi connectivity index (χ1) is 16.1. The zero-order valence-corrected chi connectivity index (χ0v) is 19.4. The third-order valence-electron chi connectivity index (χ3n) is 6.21. The summed E-state index contributed by atoms with van der Waals surface area (Å²) in [6.45, 7) is 5.89. The van der Waals surface area contributed by atoms with Crippen molar-refractivity contribution < 1.29 is 19.2 Å². The lowest BCUT2D eigenvalue weighted by Gasteiger charge is -2.44. The molecule has 1 aliphatic heterocycles. The molecular formula is C26H27N3O5. The summed E-state index contributed by atoms with van der Waals surface area (Å²) in [6, 6.07) is 15.2. The van der Waals surface area contributed by atoms with Crippen LogP contribution in [0, 0.1) is 15.5 Å². The van der Waals surface area contributed by atoms with E-state index in [4.69, 9.17) is 10.5 Å². The van der Waals surface area contributed by atoms with E-state index in [1.807, 2.05) is 44.2 Å². The second-order valence-electron chi connectivity index (χ2n) is 9.27. The molecule has 2 aliphatic rings. The van der Waals surface area contributed by atoms with Gasteiger partial charge in [0.2, 0.25) is 0 Å². The molecule has 1 aliphatic carbocycles. The molecule has 176 valence electrons. The summed E-state index contributed by atoms with van der Waals surface area (Å²) in [7, 11) is 0. The van der Waals surface area contributed by atoms with Gasteiger partial charge in [-0.05, 0) is 36.5 Å². The maximum atomic E-state index is 13.6. The van der Waals surface area contributed by atoms with Gasteiger partial charge >= 0.3 is 5.97 Å². The van der Waals surface area contributed by atoms with Gasteiger partial charge in [0.1, 0.15) is 5.82 Å². The maximum absolute atomic E-state index is 13.6. The molecule has 0 saturated carbocycles. The molecule has 8 nitrogen and oxygen atoms in total. The molecule has 0 fully saturated rings. The van der Waals surface area contributed by atoms with Crippen molar-refractivity contribution in [1.82, 2.24) is 0 Å². The Balaban J connectivity index is 2.00. The van der Waals surface area contributed by atoms with E-state index in [1.165, 1.54) is 12.1 Å². The number of allylic oxidation sites excluding steroid dienone is 2. The van der Waals surface area contributed by atoms with Crippen LogP contribution in [0.4, 0.5) is 11.4 Å². The minimum Gasteiger partial charge on any atom is -0.463 e. The molecule has 0 bridgehead atoms. The molecule has 1 atom stereocenters. The molecule has 0 aromatic heterocycles. The van der Waals surface area contributed by atoms with E-state index in [1.54, 1.807) is 24.0 Å². The number of nitro groups is 1. The summed E-state index contributed by atoms with van der Waals surface area (Å²) < 4.78 is 5.36. The van der Waals surface area contributed by atoms with Crippen molar-refractivity contribution in [2.75, 3.05) is 11.5 Å². The molecule has 4 rings (SSSR count). The predicted molar refractivity (Wildman–Crippen MR) is 128 cm³/mol. The highest BCUT2D eigenvalue weighted by atomic mass is 16.6. The van der Waals surface area contributed by atoms with Crippen molar-refractivity contribution in [2.24, 2.45) is 11.1 Å². The van der Waals surface area contributed by atoms with Crippen LogP contribution < -0.4 is 10.6 Å². The van der Waals surface area contributed by atoms with Crippen molar-refractivity contribution in [3.63, 3.8) is 0 Å². The van der Waals surface area contributed by atoms with Crippen molar-refractivity contribution in [2.45, 2.75) is 39.5 Å². The Labute approximate surface area is 197 Å². The van der Waals surface area contributed by atoms with E-state index >= 15 is 0 Å². The highest BCUT2D eigenvalue weighted by molar-refractivity contribution is 6.05. The minimum absolute atomic E-state index is 0.0783. The SMILES string of the molecule is CCOC(=O)C1=C(N)N(c2ccccc2)C2=C(C(=O)CC(C)(C)C2)C1c1ccc([N+](=O)[O-])cc1. The Kier molecular flexibility index (Phi) is 6.00. The lowest BCUT2D eigenvalue weighted by molar-refractivity contribution is -0.384. The second-order valence-corrected chi connectivity index (χ2v) is 9.27. The third-order valence-corrected chi connectivity index (χ3v) is 6.21. The molecule has 0 amide bonds. The lowest BCUT2D eigenvalue weighted by Crippen LogP contribution is -2.43. The number of carbonyl (C=O) groups excluding carboxylic acids is 2. The topological polar surface area (TPSA) is 116 Å². The molecule has 1 unspecified atom stereocenters. The van der Waals surface area contributed by atoms with Crippen molar-refractivity contribution in [3.8, 4) is 0 Å². The summed E-state index contributed by atoms with van der Waals surface area (Å²) in [6.07, 6.45) is 0.886. The first-order valence-electron chi connectivity index (χ1n) is 11.2. The molecule has 2 N–H and O–H groups in total. The van der Waals surface area contributed by atoms with E-state index in [2.05, 4.69) is 0 Å². The monoisotopic (exact) mass is 461 g/mol. The Morgan fingerprint density at radius 1 is 1.15 bits per heavy atom. The van der Waals surface area contributed by atoms with Crippen LogP contribution in [0.2, 0.25) is 0 Å². The van der Waals surface area contributed by atoms with Crippen molar-refractivity contribution in [1.29, 1.82) is 0 Å². The van der Waals surface area contributed by atoms with Gasteiger partial charge in [-0.25, -0.2) is 4.79 Å². The van der Waals surface area contributed by atoms with Gasteiger partial charge in [-0.15, -0.1) is 0 Å². The van der Waals surface area contributed by atoms with Gasteiger partial charge in [-0.3, -0.25) is 19.8 Å². The van der Waals surface area contributed by atoms with Crippen LogP contribution in [0.3, 0.4) is 0 Å². The normalized spacial score (nSPS) is 19.7. The van der Waals surface area contributed by atoms with E-state index < -0.39 is 16.8 Å². The number of nitrogens with two attached hydrogens (primary N) is 1. The standard InChI is InChI=1S/C26H27N3O5/c1-4-34-25(31)23-21(16-10-12-18(13-11-16)29(32)33)22-19(14-26(2,3)15-20(22)30)28(24(23)27)17-8-6-5-7-9-17/h5-13,21H,4,14-15,27H2,1-3H3. The van der Waals surface area contributed by atoms with Gasteiger partial charge in [0, 0.05) is 35.5 Å². The third kappa shape index (κ3) is 4.07.